The molecule has 138 valence electrons. The lowest BCUT2D eigenvalue weighted by Gasteiger charge is -2.23. The number of anilines is 3. The van der Waals surface area contributed by atoms with Crippen molar-refractivity contribution in [2.45, 2.75) is 19.8 Å². The molecule has 0 atom stereocenters. The number of halogens is 1. The topological polar surface area (TPSA) is 90.9 Å². The predicted molar refractivity (Wildman–Crippen MR) is 99.9 cm³/mol. The van der Waals surface area contributed by atoms with Crippen LogP contribution in [0.1, 0.15) is 19.8 Å². The Bertz CT molecular complexity index is 928. The molecule has 0 unspecified atom stereocenters. The lowest BCUT2D eigenvalue weighted by Crippen LogP contribution is -2.36. The molecule has 0 aromatic heterocycles. The van der Waals surface area contributed by atoms with Gasteiger partial charge in [-0.2, -0.15) is 5.10 Å². The molecular formula is C19H17FN4O3. The lowest BCUT2D eigenvalue weighted by atomic mass is 10.1. The van der Waals surface area contributed by atoms with Gasteiger partial charge in [-0.3, -0.25) is 14.4 Å². The molecule has 0 aliphatic carbocycles. The first-order valence-corrected chi connectivity index (χ1v) is 8.28. The molecule has 1 aliphatic rings. The van der Waals surface area contributed by atoms with Crippen LogP contribution in [0.5, 0.6) is 0 Å². The predicted octanol–water partition coefficient (Wildman–Crippen LogP) is 2.91. The third-order valence-electron chi connectivity index (χ3n) is 3.83. The van der Waals surface area contributed by atoms with Gasteiger partial charge in [0.15, 0.2) is 0 Å². The highest BCUT2D eigenvalue weighted by Gasteiger charge is 2.26. The average molecular weight is 368 g/mol. The van der Waals surface area contributed by atoms with Crippen LogP contribution in [0.15, 0.2) is 53.6 Å². The van der Waals surface area contributed by atoms with Crippen molar-refractivity contribution >= 4 is 40.5 Å². The zero-order valence-corrected chi connectivity index (χ0v) is 14.5. The van der Waals surface area contributed by atoms with E-state index in [1.165, 1.54) is 24.1 Å². The van der Waals surface area contributed by atoms with Gasteiger partial charge in [0.2, 0.25) is 11.8 Å². The number of carbonyl (C=O) groups is 3. The Morgan fingerprint density at radius 1 is 1.07 bits per heavy atom. The first-order chi connectivity index (χ1) is 12.9. The largest absolute Gasteiger partial charge is 0.326 e. The van der Waals surface area contributed by atoms with Gasteiger partial charge in [-0.1, -0.05) is 18.2 Å². The minimum atomic E-state index is -0.648. The molecule has 0 saturated carbocycles. The van der Waals surface area contributed by atoms with E-state index in [0.717, 1.165) is 6.07 Å². The molecule has 0 spiro atoms. The zero-order valence-electron chi connectivity index (χ0n) is 14.5. The third kappa shape index (κ3) is 4.35. The normalized spacial score (nSPS) is 13.8. The molecule has 3 rings (SSSR count). The van der Waals surface area contributed by atoms with Crippen molar-refractivity contribution in [3.8, 4) is 0 Å². The molecule has 1 heterocycles. The number of nitrogens with zero attached hydrogens (tertiary/aromatic N) is 2. The number of benzene rings is 2. The van der Waals surface area contributed by atoms with Gasteiger partial charge in [-0.25, -0.2) is 9.40 Å². The zero-order chi connectivity index (χ0) is 19.4. The first kappa shape index (κ1) is 18.2. The quantitative estimate of drug-likeness (QED) is 0.869. The Morgan fingerprint density at radius 2 is 1.81 bits per heavy atom. The maximum Gasteiger partial charge on any atom is 0.271 e. The third-order valence-corrected chi connectivity index (χ3v) is 3.83. The summed E-state index contributed by atoms with van der Waals surface area (Å²) >= 11 is 0. The summed E-state index contributed by atoms with van der Waals surface area (Å²) in [6, 6.07) is 12.6. The van der Waals surface area contributed by atoms with Crippen molar-refractivity contribution < 1.29 is 18.8 Å². The van der Waals surface area contributed by atoms with Crippen molar-refractivity contribution in [2.24, 2.45) is 5.10 Å². The Balaban J connectivity index is 1.81. The van der Waals surface area contributed by atoms with Crippen LogP contribution >= 0.6 is 0 Å². The van der Waals surface area contributed by atoms with E-state index in [9.17, 15) is 18.8 Å². The molecule has 3 amide bonds. The van der Waals surface area contributed by atoms with E-state index in [1.54, 1.807) is 30.3 Å². The Kier molecular flexibility index (Phi) is 5.25. The summed E-state index contributed by atoms with van der Waals surface area (Å²) in [6.07, 6.45) is 0.274. The summed E-state index contributed by atoms with van der Waals surface area (Å²) in [5.74, 6) is -1.80. The summed E-state index contributed by atoms with van der Waals surface area (Å²) in [7, 11) is 0. The van der Waals surface area contributed by atoms with E-state index >= 15 is 0 Å². The van der Waals surface area contributed by atoms with Gasteiger partial charge in [0.05, 0.1) is 11.4 Å². The fourth-order valence-corrected chi connectivity index (χ4v) is 2.58. The molecule has 0 radical (unpaired) electrons. The second-order valence-electron chi connectivity index (χ2n) is 5.92. The van der Waals surface area contributed by atoms with Crippen LogP contribution in [-0.4, -0.2) is 23.4 Å². The highest BCUT2D eigenvalue weighted by molar-refractivity contribution is 6.44. The SMILES string of the molecule is CC(=O)Nc1ccc(F)c(NC(=O)C2=NN(c3ccccc3)C(=O)CC2)c1. The Morgan fingerprint density at radius 3 is 2.52 bits per heavy atom. The van der Waals surface area contributed by atoms with Gasteiger partial charge in [0.1, 0.15) is 11.5 Å². The number of hydrogen-bond acceptors (Lipinski definition) is 4. The summed E-state index contributed by atoms with van der Waals surface area (Å²) in [6.45, 7) is 1.33. The van der Waals surface area contributed by atoms with E-state index in [1.807, 2.05) is 0 Å². The number of para-hydroxylation sites is 1. The van der Waals surface area contributed by atoms with Crippen molar-refractivity contribution in [2.75, 3.05) is 15.6 Å². The van der Waals surface area contributed by atoms with E-state index in [2.05, 4.69) is 15.7 Å². The van der Waals surface area contributed by atoms with Gasteiger partial charge < -0.3 is 10.6 Å². The maximum atomic E-state index is 14.0. The van der Waals surface area contributed by atoms with E-state index in [4.69, 9.17) is 0 Å². The van der Waals surface area contributed by atoms with Gasteiger partial charge in [0.25, 0.3) is 5.91 Å². The molecular weight excluding hydrogens is 351 g/mol. The Hall–Kier alpha value is -3.55. The molecule has 2 aromatic rings. The maximum absolute atomic E-state index is 14.0. The van der Waals surface area contributed by atoms with Crippen molar-refractivity contribution in [1.29, 1.82) is 0 Å². The minimum absolute atomic E-state index is 0.0860. The van der Waals surface area contributed by atoms with E-state index in [0.29, 0.717) is 11.4 Å². The van der Waals surface area contributed by atoms with Crippen LogP contribution in [0, 0.1) is 5.82 Å². The molecule has 0 saturated heterocycles. The monoisotopic (exact) mass is 368 g/mol. The van der Waals surface area contributed by atoms with E-state index in [-0.39, 0.29) is 36.1 Å². The number of hydrogen-bond donors (Lipinski definition) is 2. The molecule has 0 fully saturated rings. The Labute approximate surface area is 154 Å². The lowest BCUT2D eigenvalue weighted by molar-refractivity contribution is -0.119. The first-order valence-electron chi connectivity index (χ1n) is 8.28. The van der Waals surface area contributed by atoms with E-state index < -0.39 is 11.7 Å². The van der Waals surface area contributed by atoms with Crippen molar-refractivity contribution in [3.63, 3.8) is 0 Å². The summed E-state index contributed by atoms with van der Waals surface area (Å²) in [5.41, 5.74) is 0.928. The second kappa shape index (κ2) is 7.77. The van der Waals surface area contributed by atoms with Gasteiger partial charge in [-0.05, 0) is 30.3 Å². The minimum Gasteiger partial charge on any atom is -0.326 e. The molecule has 2 N–H and O–H groups in total. The molecule has 2 aromatic carbocycles. The van der Waals surface area contributed by atoms with Crippen molar-refractivity contribution in [1.82, 2.24) is 0 Å². The number of hydrazone groups is 1. The van der Waals surface area contributed by atoms with Crippen LogP contribution in [0.25, 0.3) is 0 Å². The number of rotatable bonds is 4. The standard InChI is InChI=1S/C19H17FN4O3/c1-12(25)21-13-7-8-15(20)17(11-13)22-19(27)16-9-10-18(26)24(23-16)14-5-3-2-4-6-14/h2-8,11H,9-10H2,1H3,(H,21,25)(H,22,27). The summed E-state index contributed by atoms with van der Waals surface area (Å²) in [4.78, 5) is 35.7. The van der Waals surface area contributed by atoms with Crippen LogP contribution in [0.2, 0.25) is 0 Å². The second-order valence-corrected chi connectivity index (χ2v) is 5.92. The number of nitrogens with one attached hydrogen (secondary N) is 2. The fourth-order valence-electron chi connectivity index (χ4n) is 2.58. The highest BCUT2D eigenvalue weighted by atomic mass is 19.1. The van der Waals surface area contributed by atoms with Crippen LogP contribution < -0.4 is 15.6 Å². The molecule has 7 nitrogen and oxygen atoms in total. The number of carbonyl (C=O) groups excluding carboxylic acids is 3. The van der Waals surface area contributed by atoms with Gasteiger partial charge in [0, 0.05) is 25.5 Å². The summed E-state index contributed by atoms with van der Waals surface area (Å²) in [5, 5.41) is 10.3. The molecule has 1 aliphatic heterocycles. The summed E-state index contributed by atoms with van der Waals surface area (Å²) < 4.78 is 14.0. The van der Waals surface area contributed by atoms with Crippen LogP contribution in [-0.2, 0) is 14.4 Å². The van der Waals surface area contributed by atoms with Crippen LogP contribution in [0.4, 0.5) is 21.5 Å². The molecule has 0 bridgehead atoms. The van der Waals surface area contributed by atoms with Crippen LogP contribution in [0.3, 0.4) is 0 Å². The van der Waals surface area contributed by atoms with Gasteiger partial charge >= 0.3 is 0 Å². The molecule has 8 heteroatoms. The smallest absolute Gasteiger partial charge is 0.271 e. The van der Waals surface area contributed by atoms with Gasteiger partial charge in [-0.15, -0.1) is 0 Å². The highest BCUT2D eigenvalue weighted by Crippen LogP contribution is 2.22. The van der Waals surface area contributed by atoms with Crippen molar-refractivity contribution in [3.05, 3.63) is 54.3 Å². The number of amides is 3. The fraction of sp³-hybridized carbons (Fsp3) is 0.158. The molecule has 27 heavy (non-hydrogen) atoms. The average Bonchev–Trinajstić information content (AvgIpc) is 2.65.